The molecule has 0 spiro atoms. The molecule has 2 aromatic rings. The van der Waals surface area contributed by atoms with Gasteiger partial charge in [-0.1, -0.05) is 43.3 Å². The molecule has 0 radical (unpaired) electrons. The van der Waals surface area contributed by atoms with Gasteiger partial charge in [0.05, 0.1) is 0 Å². The fourth-order valence-electron chi connectivity index (χ4n) is 3.49. The molecule has 0 bridgehead atoms. The highest BCUT2D eigenvalue weighted by Gasteiger charge is 2.54. The molecule has 0 heterocycles. The molecule has 4 N–H and O–H groups in total. The minimum atomic E-state index is -0.712. The molecule has 144 valence electrons. The van der Waals surface area contributed by atoms with Gasteiger partial charge >= 0.3 is 6.03 Å². The number of nitrogens with one attached hydrogen (secondary N) is 2. The lowest BCUT2D eigenvalue weighted by atomic mass is 9.96. The molecular formula is C21H25F2N3O. The van der Waals surface area contributed by atoms with E-state index in [4.69, 9.17) is 5.73 Å². The molecule has 2 amide bonds. The second-order valence-corrected chi connectivity index (χ2v) is 7.41. The van der Waals surface area contributed by atoms with Gasteiger partial charge in [0.1, 0.15) is 11.6 Å². The van der Waals surface area contributed by atoms with E-state index in [-0.39, 0.29) is 23.7 Å². The normalized spacial score (nSPS) is 22.1. The van der Waals surface area contributed by atoms with Crippen molar-refractivity contribution in [3.05, 3.63) is 71.3 Å². The molecule has 2 aromatic carbocycles. The van der Waals surface area contributed by atoms with Gasteiger partial charge in [-0.25, -0.2) is 13.6 Å². The van der Waals surface area contributed by atoms with Crippen molar-refractivity contribution < 1.29 is 13.6 Å². The summed E-state index contributed by atoms with van der Waals surface area (Å²) < 4.78 is 28.0. The van der Waals surface area contributed by atoms with Crippen LogP contribution in [0.4, 0.5) is 13.6 Å². The Kier molecular flexibility index (Phi) is 5.75. The van der Waals surface area contributed by atoms with Crippen LogP contribution in [0.15, 0.2) is 48.5 Å². The van der Waals surface area contributed by atoms with Gasteiger partial charge in [-0.15, -0.1) is 0 Å². The van der Waals surface area contributed by atoms with Crippen LogP contribution in [0.2, 0.25) is 0 Å². The lowest BCUT2D eigenvalue weighted by molar-refractivity contribution is 0.239. The van der Waals surface area contributed by atoms with Crippen molar-refractivity contribution in [1.82, 2.24) is 10.6 Å². The SMILES string of the molecule is CC1(c2c(F)cccc2F)CC1NC(=O)NCCC(N)Cc1ccccc1. The first-order valence-corrected chi connectivity index (χ1v) is 9.18. The van der Waals surface area contributed by atoms with Crippen molar-refractivity contribution >= 4 is 6.03 Å². The Bertz CT molecular complexity index is 779. The van der Waals surface area contributed by atoms with Crippen molar-refractivity contribution in [1.29, 1.82) is 0 Å². The van der Waals surface area contributed by atoms with Gasteiger partial charge < -0.3 is 16.4 Å². The third-order valence-electron chi connectivity index (χ3n) is 5.22. The van der Waals surface area contributed by atoms with E-state index in [1.165, 1.54) is 18.2 Å². The molecule has 0 aromatic heterocycles. The second kappa shape index (κ2) is 8.05. The molecule has 1 aliphatic rings. The summed E-state index contributed by atoms with van der Waals surface area (Å²) in [5.41, 5.74) is 6.60. The Balaban J connectivity index is 1.43. The molecular weight excluding hydrogens is 348 g/mol. The fraction of sp³-hybridized carbons (Fsp3) is 0.381. The average Bonchev–Trinajstić information content (AvgIpc) is 3.25. The van der Waals surface area contributed by atoms with E-state index in [9.17, 15) is 13.6 Å². The highest BCUT2D eigenvalue weighted by atomic mass is 19.1. The first-order valence-electron chi connectivity index (χ1n) is 9.18. The number of carbonyl (C=O) groups excluding carboxylic acids is 1. The van der Waals surface area contributed by atoms with Crippen LogP contribution < -0.4 is 16.4 Å². The standard InChI is InChI=1S/C21H25F2N3O/c1-21(19-16(22)8-5-9-17(19)23)13-18(21)26-20(27)25-11-10-15(24)12-14-6-3-2-4-7-14/h2-9,15,18H,10-13,24H2,1H3,(H2,25,26,27). The largest absolute Gasteiger partial charge is 0.338 e. The van der Waals surface area contributed by atoms with Crippen LogP contribution in [-0.4, -0.2) is 24.7 Å². The van der Waals surface area contributed by atoms with Crippen LogP contribution in [0.1, 0.15) is 30.9 Å². The molecule has 4 nitrogen and oxygen atoms in total. The summed E-state index contributed by atoms with van der Waals surface area (Å²) in [5.74, 6) is -1.15. The van der Waals surface area contributed by atoms with Gasteiger partial charge in [0.2, 0.25) is 0 Å². The summed E-state index contributed by atoms with van der Waals surface area (Å²) in [7, 11) is 0. The topological polar surface area (TPSA) is 67.2 Å². The zero-order valence-electron chi connectivity index (χ0n) is 15.3. The smallest absolute Gasteiger partial charge is 0.315 e. The predicted molar refractivity (Wildman–Crippen MR) is 101 cm³/mol. The second-order valence-electron chi connectivity index (χ2n) is 7.41. The van der Waals surface area contributed by atoms with Gasteiger partial charge in [0.15, 0.2) is 0 Å². The Morgan fingerprint density at radius 3 is 2.52 bits per heavy atom. The molecule has 3 unspecified atom stereocenters. The minimum absolute atomic E-state index is 0.0418. The number of carbonyl (C=O) groups is 1. The van der Waals surface area contributed by atoms with Crippen LogP contribution in [-0.2, 0) is 11.8 Å². The fourth-order valence-corrected chi connectivity index (χ4v) is 3.49. The van der Waals surface area contributed by atoms with Crippen LogP contribution >= 0.6 is 0 Å². The Morgan fingerprint density at radius 2 is 1.85 bits per heavy atom. The Labute approximate surface area is 158 Å². The van der Waals surface area contributed by atoms with Crippen LogP contribution in [0, 0.1) is 11.6 Å². The van der Waals surface area contributed by atoms with Gasteiger partial charge in [-0.05, 0) is 37.0 Å². The molecule has 1 saturated carbocycles. The molecule has 6 heteroatoms. The van der Waals surface area contributed by atoms with Gasteiger partial charge in [-0.3, -0.25) is 0 Å². The van der Waals surface area contributed by atoms with E-state index >= 15 is 0 Å². The first kappa shape index (κ1) is 19.3. The Morgan fingerprint density at radius 1 is 1.19 bits per heavy atom. The molecule has 3 rings (SSSR count). The number of urea groups is 1. The summed E-state index contributed by atoms with van der Waals surface area (Å²) in [6, 6.07) is 13.1. The molecule has 27 heavy (non-hydrogen) atoms. The summed E-state index contributed by atoms with van der Waals surface area (Å²) in [5, 5.41) is 5.57. The maximum Gasteiger partial charge on any atom is 0.315 e. The highest BCUT2D eigenvalue weighted by molar-refractivity contribution is 5.75. The van der Waals surface area contributed by atoms with Gasteiger partial charge in [-0.2, -0.15) is 0 Å². The monoisotopic (exact) mass is 373 g/mol. The van der Waals surface area contributed by atoms with Gasteiger partial charge in [0.25, 0.3) is 0 Å². The van der Waals surface area contributed by atoms with Crippen LogP contribution in [0.25, 0.3) is 0 Å². The molecule has 3 atom stereocenters. The molecule has 1 aliphatic carbocycles. The molecule has 1 fully saturated rings. The Hall–Kier alpha value is -2.47. The predicted octanol–water partition coefficient (Wildman–Crippen LogP) is 3.25. The van der Waals surface area contributed by atoms with Crippen molar-refractivity contribution in [2.75, 3.05) is 6.54 Å². The van der Waals surface area contributed by atoms with E-state index in [2.05, 4.69) is 10.6 Å². The number of hydrogen-bond donors (Lipinski definition) is 3. The maximum atomic E-state index is 14.0. The van der Waals surface area contributed by atoms with E-state index in [1.54, 1.807) is 6.92 Å². The third kappa shape index (κ3) is 4.63. The van der Waals surface area contributed by atoms with Crippen molar-refractivity contribution in [2.45, 2.75) is 43.7 Å². The van der Waals surface area contributed by atoms with E-state index in [0.29, 0.717) is 19.4 Å². The van der Waals surface area contributed by atoms with Crippen molar-refractivity contribution in [3.63, 3.8) is 0 Å². The summed E-state index contributed by atoms with van der Waals surface area (Å²) in [6.07, 6.45) is 1.90. The zero-order valence-corrected chi connectivity index (χ0v) is 15.3. The lowest BCUT2D eigenvalue weighted by Crippen LogP contribution is -2.41. The first-order chi connectivity index (χ1) is 12.9. The maximum absolute atomic E-state index is 14.0. The highest BCUT2D eigenvalue weighted by Crippen LogP contribution is 2.49. The number of rotatable bonds is 7. The average molecular weight is 373 g/mol. The van der Waals surface area contributed by atoms with E-state index < -0.39 is 17.0 Å². The van der Waals surface area contributed by atoms with Gasteiger partial charge in [0, 0.05) is 29.6 Å². The summed E-state index contributed by atoms with van der Waals surface area (Å²) >= 11 is 0. The number of hydrogen-bond acceptors (Lipinski definition) is 2. The summed E-state index contributed by atoms with van der Waals surface area (Å²) in [6.45, 7) is 2.20. The zero-order chi connectivity index (χ0) is 19.4. The van der Waals surface area contributed by atoms with Crippen molar-refractivity contribution in [3.8, 4) is 0 Å². The van der Waals surface area contributed by atoms with E-state index in [1.807, 2.05) is 30.3 Å². The van der Waals surface area contributed by atoms with E-state index in [0.717, 1.165) is 12.0 Å². The summed E-state index contributed by atoms with van der Waals surface area (Å²) in [4.78, 5) is 12.1. The number of benzene rings is 2. The van der Waals surface area contributed by atoms with Crippen LogP contribution in [0.5, 0.6) is 0 Å². The van der Waals surface area contributed by atoms with Crippen molar-refractivity contribution in [2.24, 2.45) is 5.73 Å². The molecule has 0 saturated heterocycles. The minimum Gasteiger partial charge on any atom is -0.338 e. The molecule has 0 aliphatic heterocycles. The number of amides is 2. The third-order valence-corrected chi connectivity index (χ3v) is 5.22. The number of nitrogens with two attached hydrogens (primary N) is 1. The lowest BCUT2D eigenvalue weighted by Gasteiger charge is -2.16. The van der Waals surface area contributed by atoms with Crippen LogP contribution in [0.3, 0.4) is 0 Å². The number of halogens is 2. The quantitative estimate of drug-likeness (QED) is 0.697.